The second-order valence-electron chi connectivity index (χ2n) is 11.7. The van der Waals surface area contributed by atoms with Gasteiger partial charge >= 0.3 is 0 Å². The van der Waals surface area contributed by atoms with Gasteiger partial charge in [-0.15, -0.1) is 0 Å². The van der Waals surface area contributed by atoms with Gasteiger partial charge in [-0.3, -0.25) is 19.2 Å². The van der Waals surface area contributed by atoms with Gasteiger partial charge in [-0.05, 0) is 79.3 Å². The van der Waals surface area contributed by atoms with Gasteiger partial charge in [0.1, 0.15) is 23.2 Å². The van der Waals surface area contributed by atoms with E-state index in [1.54, 1.807) is 6.08 Å². The van der Waals surface area contributed by atoms with Crippen LogP contribution in [0.3, 0.4) is 0 Å². The molecule has 0 aromatic carbocycles. The maximum atomic E-state index is 13.5. The maximum Gasteiger partial charge on any atom is 0.259 e. The van der Waals surface area contributed by atoms with Gasteiger partial charge in [0.2, 0.25) is 5.91 Å². The zero-order valence-electron chi connectivity index (χ0n) is 21.6. The molecule has 0 unspecified atom stereocenters. The van der Waals surface area contributed by atoms with Crippen LogP contribution >= 0.6 is 0 Å². The summed E-state index contributed by atoms with van der Waals surface area (Å²) in [4.78, 5) is 51.2. The SMILES string of the molecule is CC[C@H]1C[C@H]2C[C@@H]3[C@H]4C/C=C\C(=O)NCC[C@@H](O)[C@@H]5NC(=O)/C(=C(O)/C=C\[C@@H]4CC(=O)[C@H]3[C@@H]2[C@H]1C)C5=O. The van der Waals surface area contributed by atoms with Crippen molar-refractivity contribution in [1.29, 1.82) is 0 Å². The van der Waals surface area contributed by atoms with Crippen LogP contribution in [-0.4, -0.2) is 52.3 Å². The minimum Gasteiger partial charge on any atom is -0.507 e. The van der Waals surface area contributed by atoms with Crippen molar-refractivity contribution < 1.29 is 29.4 Å². The molecule has 2 heterocycles. The summed E-state index contributed by atoms with van der Waals surface area (Å²) < 4.78 is 0. The summed E-state index contributed by atoms with van der Waals surface area (Å²) in [6.07, 6.45) is 9.70. The first-order chi connectivity index (χ1) is 17.7. The third kappa shape index (κ3) is 4.58. The molecule has 0 aromatic heterocycles. The lowest BCUT2D eigenvalue weighted by Crippen LogP contribution is -2.42. The van der Waals surface area contributed by atoms with Crippen molar-refractivity contribution in [2.45, 2.75) is 64.5 Å². The topological polar surface area (TPSA) is 133 Å². The number of carbonyl (C=O) groups excluding carboxylic acids is 4. The molecule has 200 valence electrons. The molecule has 8 nitrogen and oxygen atoms in total. The average molecular weight is 511 g/mol. The van der Waals surface area contributed by atoms with E-state index in [9.17, 15) is 29.4 Å². The molecule has 2 amide bonds. The molecule has 4 fully saturated rings. The van der Waals surface area contributed by atoms with E-state index in [4.69, 9.17) is 0 Å². The Kier molecular flexibility index (Phi) is 7.14. The van der Waals surface area contributed by atoms with Crippen LogP contribution in [0.4, 0.5) is 0 Å². The number of fused-ring (bicyclic) bond motifs is 7. The lowest BCUT2D eigenvalue weighted by molar-refractivity contribution is -0.131. The molecule has 0 radical (unpaired) electrons. The highest BCUT2D eigenvalue weighted by Gasteiger charge is 2.58. The molecule has 3 saturated carbocycles. The van der Waals surface area contributed by atoms with Gasteiger partial charge < -0.3 is 20.8 Å². The van der Waals surface area contributed by atoms with Crippen molar-refractivity contribution >= 4 is 23.4 Å². The van der Waals surface area contributed by atoms with E-state index in [-0.39, 0.29) is 53.9 Å². The summed E-state index contributed by atoms with van der Waals surface area (Å²) in [6, 6.07) is -1.17. The van der Waals surface area contributed by atoms with E-state index in [0.717, 1.165) is 12.8 Å². The molecule has 4 N–H and O–H groups in total. The standard InChI is InChI=1S/C29H38N2O6/c1-3-15-11-17-12-19-18-5-4-6-23(35)30-10-9-21(33)27-28(36)26(29(37)31-27)20(32)8-7-16(18)13-22(34)25(19)24(17)14(15)2/h4,6-8,14-19,21,24-25,27,32-33H,3,5,9-13H2,1-2H3,(H,30,35)(H,31,37)/b6-4-,8-7-,26-20-/t14-,15-,16+,17-,18-,19+,21+,24+,25-,27-/m0/s1. The number of aliphatic hydroxyl groups is 2. The smallest absolute Gasteiger partial charge is 0.259 e. The van der Waals surface area contributed by atoms with Gasteiger partial charge in [-0.1, -0.05) is 32.4 Å². The Morgan fingerprint density at radius 2 is 1.86 bits per heavy atom. The minimum atomic E-state index is -1.20. The third-order valence-corrected chi connectivity index (χ3v) is 9.99. The fraction of sp³-hybridized carbons (Fsp3) is 0.655. The Morgan fingerprint density at radius 1 is 1.08 bits per heavy atom. The average Bonchev–Trinajstić information content (AvgIpc) is 3.48. The number of allylic oxidation sites excluding steroid dienone is 3. The Labute approximate surface area is 217 Å². The fourth-order valence-electron chi connectivity index (χ4n) is 8.25. The van der Waals surface area contributed by atoms with Crippen LogP contribution in [0.1, 0.15) is 52.4 Å². The second-order valence-corrected chi connectivity index (χ2v) is 11.7. The van der Waals surface area contributed by atoms with E-state index in [0.29, 0.717) is 36.5 Å². The number of nitrogens with one attached hydrogen (secondary N) is 2. The first kappa shape index (κ1) is 25.9. The maximum absolute atomic E-state index is 13.5. The van der Waals surface area contributed by atoms with Crippen LogP contribution in [0.2, 0.25) is 0 Å². The van der Waals surface area contributed by atoms with Gasteiger partial charge in [-0.25, -0.2) is 0 Å². The number of aliphatic hydroxyl groups excluding tert-OH is 2. The molecule has 0 spiro atoms. The predicted molar refractivity (Wildman–Crippen MR) is 136 cm³/mol. The molecule has 2 bridgehead atoms. The molecule has 5 aliphatic rings. The van der Waals surface area contributed by atoms with Crippen molar-refractivity contribution in [3.63, 3.8) is 0 Å². The monoisotopic (exact) mass is 510 g/mol. The molecule has 37 heavy (non-hydrogen) atoms. The number of hydrogen-bond donors (Lipinski definition) is 4. The zero-order valence-corrected chi connectivity index (χ0v) is 21.6. The summed E-state index contributed by atoms with van der Waals surface area (Å²) >= 11 is 0. The Balaban J connectivity index is 1.47. The Bertz CT molecular complexity index is 1080. The van der Waals surface area contributed by atoms with E-state index in [1.807, 2.05) is 6.08 Å². The van der Waals surface area contributed by atoms with E-state index in [1.165, 1.54) is 18.6 Å². The van der Waals surface area contributed by atoms with Crippen molar-refractivity contribution in [3.8, 4) is 0 Å². The molecule has 2 aliphatic heterocycles. The van der Waals surface area contributed by atoms with Gasteiger partial charge in [0.05, 0.1) is 6.10 Å². The van der Waals surface area contributed by atoms with E-state index >= 15 is 0 Å². The predicted octanol–water partition coefficient (Wildman–Crippen LogP) is 2.39. The molecule has 1 saturated heterocycles. The van der Waals surface area contributed by atoms with Crippen molar-refractivity contribution in [2.75, 3.05) is 6.54 Å². The molecule has 10 atom stereocenters. The molecule has 8 heteroatoms. The number of hydrogen-bond acceptors (Lipinski definition) is 6. The zero-order chi connectivity index (χ0) is 26.4. The Morgan fingerprint density at radius 3 is 2.62 bits per heavy atom. The van der Waals surface area contributed by atoms with Crippen LogP contribution in [0.25, 0.3) is 0 Å². The lowest BCUT2D eigenvalue weighted by atomic mass is 9.63. The molecule has 0 aromatic rings. The molecule has 5 rings (SSSR count). The van der Waals surface area contributed by atoms with E-state index < -0.39 is 29.6 Å². The summed E-state index contributed by atoms with van der Waals surface area (Å²) in [5.41, 5.74) is -0.372. The van der Waals surface area contributed by atoms with Crippen LogP contribution in [0.5, 0.6) is 0 Å². The summed E-state index contributed by atoms with van der Waals surface area (Å²) in [5.74, 6) is 0.507. The van der Waals surface area contributed by atoms with Crippen LogP contribution in [-0.2, 0) is 19.2 Å². The number of Topliss-reactive ketones (excluding diaryl/α,β-unsaturated/α-hetero) is 2. The fourth-order valence-corrected chi connectivity index (χ4v) is 8.25. The first-order valence-electron chi connectivity index (χ1n) is 13.8. The summed E-state index contributed by atoms with van der Waals surface area (Å²) in [6.45, 7) is 4.68. The van der Waals surface area contributed by atoms with Crippen LogP contribution < -0.4 is 10.6 Å². The first-order valence-corrected chi connectivity index (χ1v) is 13.8. The molecular formula is C29H38N2O6. The molecular weight excluding hydrogens is 472 g/mol. The highest BCUT2D eigenvalue weighted by atomic mass is 16.3. The van der Waals surface area contributed by atoms with E-state index in [2.05, 4.69) is 24.5 Å². The highest BCUT2D eigenvalue weighted by molar-refractivity contribution is 6.27. The minimum absolute atomic E-state index is 0.0374. The van der Waals surface area contributed by atoms with Gasteiger partial charge in [-0.2, -0.15) is 0 Å². The Hall–Kier alpha value is -2.74. The van der Waals surface area contributed by atoms with Crippen molar-refractivity contribution in [2.24, 2.45) is 47.3 Å². The van der Waals surface area contributed by atoms with Gasteiger partial charge in [0, 0.05) is 18.9 Å². The second kappa shape index (κ2) is 10.2. The quantitative estimate of drug-likeness (QED) is 0.401. The number of carbonyl (C=O) groups is 4. The molecule has 3 aliphatic carbocycles. The normalized spacial score (nSPS) is 46.0. The van der Waals surface area contributed by atoms with Gasteiger partial charge in [0.25, 0.3) is 5.91 Å². The largest absolute Gasteiger partial charge is 0.507 e. The van der Waals surface area contributed by atoms with Gasteiger partial charge in [0.15, 0.2) is 5.78 Å². The number of amides is 2. The van der Waals surface area contributed by atoms with Crippen molar-refractivity contribution in [1.82, 2.24) is 10.6 Å². The highest BCUT2D eigenvalue weighted by Crippen LogP contribution is 2.61. The van der Waals surface area contributed by atoms with Crippen molar-refractivity contribution in [3.05, 3.63) is 35.6 Å². The lowest BCUT2D eigenvalue weighted by Gasteiger charge is -2.40. The summed E-state index contributed by atoms with van der Waals surface area (Å²) in [7, 11) is 0. The summed E-state index contributed by atoms with van der Waals surface area (Å²) in [5, 5.41) is 26.3. The number of ketones is 2. The number of rotatable bonds is 1. The third-order valence-electron chi connectivity index (χ3n) is 9.99. The van der Waals surface area contributed by atoms with Crippen LogP contribution in [0.15, 0.2) is 35.6 Å². The van der Waals surface area contributed by atoms with Crippen LogP contribution in [0, 0.1) is 47.3 Å².